The summed E-state index contributed by atoms with van der Waals surface area (Å²) in [6.45, 7) is 1.41. The Bertz CT molecular complexity index is 1160. The highest BCUT2D eigenvalue weighted by molar-refractivity contribution is 7.89. The summed E-state index contributed by atoms with van der Waals surface area (Å²) in [6.07, 6.45) is 3.21. The van der Waals surface area contributed by atoms with Gasteiger partial charge < -0.3 is 14.6 Å². The van der Waals surface area contributed by atoms with Crippen molar-refractivity contribution in [2.24, 2.45) is 0 Å². The molecular weight excluding hydrogens is 416 g/mol. The molecule has 9 heteroatoms. The fourth-order valence-corrected chi connectivity index (χ4v) is 5.60. The van der Waals surface area contributed by atoms with Crippen LogP contribution in [0, 0.1) is 0 Å². The Balaban J connectivity index is 1.42. The molecule has 2 aliphatic rings. The summed E-state index contributed by atoms with van der Waals surface area (Å²) in [7, 11) is -3.66. The van der Waals surface area contributed by atoms with Gasteiger partial charge in [-0.3, -0.25) is 4.79 Å². The molecule has 1 fully saturated rings. The van der Waals surface area contributed by atoms with Crippen LogP contribution in [0.25, 0.3) is 0 Å². The number of benzene rings is 2. The molecule has 3 heterocycles. The fraction of sp³-hybridized carbons (Fsp3) is 0.273. The number of H-pyrrole nitrogens is 1. The molecule has 0 atom stereocenters. The number of aromatic amines is 1. The Labute approximate surface area is 180 Å². The van der Waals surface area contributed by atoms with Gasteiger partial charge in [-0.15, -0.1) is 0 Å². The molecule has 2 aromatic carbocycles. The van der Waals surface area contributed by atoms with Crippen molar-refractivity contribution in [2.75, 3.05) is 26.2 Å². The zero-order chi connectivity index (χ0) is 21.4. The van der Waals surface area contributed by atoms with E-state index >= 15 is 0 Å². The molecule has 31 heavy (non-hydrogen) atoms. The number of imidazole rings is 1. The molecule has 2 aliphatic heterocycles. The molecule has 1 N–H and O–H groups in total. The highest BCUT2D eigenvalue weighted by Gasteiger charge is 2.36. The van der Waals surface area contributed by atoms with Gasteiger partial charge in [0.05, 0.1) is 18.4 Å². The molecule has 0 saturated carbocycles. The van der Waals surface area contributed by atoms with Gasteiger partial charge in [0.15, 0.2) is 5.03 Å². The summed E-state index contributed by atoms with van der Waals surface area (Å²) in [4.78, 5) is 22.0. The average Bonchev–Trinajstić information content (AvgIpc) is 3.22. The molecule has 1 saturated heterocycles. The molecule has 160 valence electrons. The zero-order valence-electron chi connectivity index (χ0n) is 16.8. The van der Waals surface area contributed by atoms with Crippen molar-refractivity contribution in [2.45, 2.75) is 17.4 Å². The highest BCUT2D eigenvalue weighted by Crippen LogP contribution is 2.44. The number of aromatic nitrogens is 2. The number of rotatable bonds is 3. The molecule has 0 spiro atoms. The first-order chi connectivity index (χ1) is 15.1. The van der Waals surface area contributed by atoms with Crippen molar-refractivity contribution >= 4 is 15.9 Å². The Hall–Kier alpha value is -3.17. The number of carbonyl (C=O) groups is 1. The van der Waals surface area contributed by atoms with Crippen LogP contribution in [0.2, 0.25) is 0 Å². The minimum absolute atomic E-state index is 0.0380. The first-order valence-electron chi connectivity index (χ1n) is 10.2. The number of nitrogens with zero attached hydrogens (tertiary/aromatic N) is 3. The smallest absolute Gasteiger partial charge is 0.260 e. The lowest BCUT2D eigenvalue weighted by atomic mass is 9.87. The maximum atomic E-state index is 13.7. The Kier molecular flexibility index (Phi) is 4.99. The van der Waals surface area contributed by atoms with Crippen molar-refractivity contribution in [3.8, 4) is 11.5 Å². The second kappa shape index (κ2) is 7.82. The van der Waals surface area contributed by atoms with Gasteiger partial charge >= 0.3 is 0 Å². The van der Waals surface area contributed by atoms with Gasteiger partial charge in [0.2, 0.25) is 5.91 Å². The summed E-state index contributed by atoms with van der Waals surface area (Å²) in [5, 5.41) is 0.0690. The summed E-state index contributed by atoms with van der Waals surface area (Å²) in [6, 6.07) is 15.1. The second-order valence-corrected chi connectivity index (χ2v) is 9.52. The number of carbonyl (C=O) groups excluding carboxylic acids is 1. The number of para-hydroxylation sites is 2. The predicted molar refractivity (Wildman–Crippen MR) is 113 cm³/mol. The van der Waals surface area contributed by atoms with Gasteiger partial charge in [-0.25, -0.2) is 13.4 Å². The van der Waals surface area contributed by atoms with Gasteiger partial charge in [-0.05, 0) is 18.6 Å². The van der Waals surface area contributed by atoms with Crippen LogP contribution in [0.15, 0.2) is 66.1 Å². The van der Waals surface area contributed by atoms with E-state index < -0.39 is 15.9 Å². The van der Waals surface area contributed by atoms with Crippen LogP contribution in [0.3, 0.4) is 0 Å². The molecule has 8 nitrogen and oxygen atoms in total. The van der Waals surface area contributed by atoms with E-state index in [9.17, 15) is 13.2 Å². The third-order valence-corrected chi connectivity index (χ3v) is 7.61. The van der Waals surface area contributed by atoms with Gasteiger partial charge in [0.1, 0.15) is 11.5 Å². The van der Waals surface area contributed by atoms with E-state index in [0.717, 1.165) is 11.1 Å². The van der Waals surface area contributed by atoms with Crippen molar-refractivity contribution in [1.29, 1.82) is 0 Å². The van der Waals surface area contributed by atoms with Gasteiger partial charge in [-0.2, -0.15) is 4.31 Å². The van der Waals surface area contributed by atoms with E-state index in [1.165, 1.54) is 16.8 Å². The molecule has 3 aromatic rings. The normalized spacial score (nSPS) is 17.4. The summed E-state index contributed by atoms with van der Waals surface area (Å²) < 4.78 is 33.1. The van der Waals surface area contributed by atoms with Crippen LogP contribution in [-0.2, 0) is 14.8 Å². The lowest BCUT2D eigenvalue weighted by Crippen LogP contribution is -2.40. The predicted octanol–water partition coefficient (Wildman–Crippen LogP) is 2.57. The van der Waals surface area contributed by atoms with Crippen LogP contribution in [0.1, 0.15) is 23.5 Å². The molecule has 5 rings (SSSR count). The van der Waals surface area contributed by atoms with E-state index in [0.29, 0.717) is 37.6 Å². The summed E-state index contributed by atoms with van der Waals surface area (Å²) in [5.41, 5.74) is 1.66. The quantitative estimate of drug-likeness (QED) is 0.678. The van der Waals surface area contributed by atoms with Crippen LogP contribution in [-0.4, -0.2) is 59.7 Å². The highest BCUT2D eigenvalue weighted by atomic mass is 32.2. The van der Waals surface area contributed by atoms with E-state index in [1.54, 1.807) is 4.90 Å². The number of ether oxygens (including phenoxy) is 1. The average molecular weight is 439 g/mol. The number of nitrogens with one attached hydrogen (secondary N) is 1. The first-order valence-corrected chi connectivity index (χ1v) is 11.6. The van der Waals surface area contributed by atoms with Gasteiger partial charge in [0, 0.05) is 37.3 Å². The van der Waals surface area contributed by atoms with Gasteiger partial charge in [0.25, 0.3) is 10.0 Å². The maximum absolute atomic E-state index is 13.7. The molecule has 0 aliphatic carbocycles. The van der Waals surface area contributed by atoms with Crippen molar-refractivity contribution in [3.63, 3.8) is 0 Å². The molecule has 0 unspecified atom stereocenters. The van der Waals surface area contributed by atoms with Crippen LogP contribution < -0.4 is 4.74 Å². The molecule has 0 bridgehead atoms. The molecule has 0 radical (unpaired) electrons. The zero-order valence-corrected chi connectivity index (χ0v) is 17.6. The number of fused-ring (bicyclic) bond motifs is 2. The molecular formula is C22H22N4O4S. The number of amides is 1. The lowest BCUT2D eigenvalue weighted by molar-refractivity contribution is -0.131. The topological polar surface area (TPSA) is 95.6 Å². The van der Waals surface area contributed by atoms with Gasteiger partial charge in [-0.1, -0.05) is 36.4 Å². The minimum Gasteiger partial charge on any atom is -0.457 e. The monoisotopic (exact) mass is 438 g/mol. The van der Waals surface area contributed by atoms with Crippen molar-refractivity contribution < 1.29 is 17.9 Å². The number of sulfonamides is 1. The number of hydrogen-bond donors (Lipinski definition) is 1. The third-order valence-electron chi connectivity index (χ3n) is 5.78. The van der Waals surface area contributed by atoms with Crippen LogP contribution in [0.4, 0.5) is 0 Å². The largest absolute Gasteiger partial charge is 0.457 e. The Morgan fingerprint density at radius 1 is 0.968 bits per heavy atom. The van der Waals surface area contributed by atoms with Crippen LogP contribution >= 0.6 is 0 Å². The maximum Gasteiger partial charge on any atom is 0.260 e. The van der Waals surface area contributed by atoms with E-state index in [2.05, 4.69) is 9.97 Å². The van der Waals surface area contributed by atoms with E-state index in [-0.39, 0.29) is 17.5 Å². The minimum atomic E-state index is -3.66. The summed E-state index contributed by atoms with van der Waals surface area (Å²) >= 11 is 0. The molecule has 1 aromatic heterocycles. The lowest BCUT2D eigenvalue weighted by Gasteiger charge is -2.31. The Morgan fingerprint density at radius 2 is 1.65 bits per heavy atom. The van der Waals surface area contributed by atoms with Crippen LogP contribution in [0.5, 0.6) is 11.5 Å². The van der Waals surface area contributed by atoms with Crippen molar-refractivity contribution in [1.82, 2.24) is 19.2 Å². The van der Waals surface area contributed by atoms with Crippen molar-refractivity contribution in [3.05, 3.63) is 72.2 Å². The Morgan fingerprint density at radius 3 is 2.29 bits per heavy atom. The standard InChI is InChI=1S/C22H22N4O4S/c27-22(21-16-6-1-3-8-18(16)30-19-9-4-2-7-17(19)21)25-10-5-11-26(13-12-25)31(28,29)20-14-23-15-24-20/h1-4,6-9,14-15,21H,5,10-13H2,(H,23,24). The molecule has 1 amide bonds. The first kappa shape index (κ1) is 19.8. The third kappa shape index (κ3) is 3.49. The summed E-state index contributed by atoms with van der Waals surface area (Å²) in [5.74, 6) is 0.844. The van der Waals surface area contributed by atoms with E-state index in [4.69, 9.17) is 4.74 Å². The van der Waals surface area contributed by atoms with E-state index in [1.807, 2.05) is 48.5 Å². The number of hydrogen-bond acceptors (Lipinski definition) is 5. The fourth-order valence-electron chi connectivity index (χ4n) is 4.24. The second-order valence-electron chi connectivity index (χ2n) is 7.61. The SMILES string of the molecule is O=C(C1c2ccccc2Oc2ccccc21)N1CCCN(S(=O)(=O)c2cnc[nH]2)CC1.